The number of hydrogen-bond donors (Lipinski definition) is 4. The van der Waals surface area contributed by atoms with E-state index in [9.17, 15) is 10.2 Å². The van der Waals surface area contributed by atoms with Gasteiger partial charge in [-0.25, -0.2) is 5.84 Å². The molecule has 27 heavy (non-hydrogen) atoms. The maximum atomic E-state index is 10.0. The van der Waals surface area contributed by atoms with Gasteiger partial charge in [-0.2, -0.15) is 0 Å². The van der Waals surface area contributed by atoms with Gasteiger partial charge in [-0.1, -0.05) is 26.2 Å². The summed E-state index contributed by atoms with van der Waals surface area (Å²) in [4.78, 5) is 0. The number of rotatable bonds is 10. The highest BCUT2D eigenvalue weighted by Gasteiger charge is 2.31. The Balaban J connectivity index is 1.89. The molecule has 1 saturated heterocycles. The monoisotopic (exact) mass is 379 g/mol. The molecular weight excluding hydrogens is 346 g/mol. The number of nitrogens with zero attached hydrogens (tertiary/aromatic N) is 1. The summed E-state index contributed by atoms with van der Waals surface area (Å²) in [5.41, 5.74) is 7.54. The van der Waals surface area contributed by atoms with Gasteiger partial charge < -0.3 is 30.4 Å². The molecule has 1 aliphatic rings. The van der Waals surface area contributed by atoms with Crippen LogP contribution in [0.15, 0.2) is 30.5 Å². The average molecular weight is 380 g/mol. The number of benzene rings is 1. The molecule has 0 spiro atoms. The predicted octanol–water partition coefficient (Wildman–Crippen LogP) is 1.94. The lowest BCUT2D eigenvalue weighted by molar-refractivity contribution is -0.208. The van der Waals surface area contributed by atoms with Crippen LogP contribution in [0, 0.1) is 0 Å². The SMILES string of the molecule is CCCCCCN(N)/C=C(\N)c1ccc(O[C@H]2OC(CO)CCC2O)cc1. The van der Waals surface area contributed by atoms with Crippen molar-refractivity contribution in [1.82, 2.24) is 5.01 Å². The van der Waals surface area contributed by atoms with Gasteiger partial charge >= 0.3 is 0 Å². The van der Waals surface area contributed by atoms with Crippen molar-refractivity contribution in [1.29, 1.82) is 0 Å². The number of hydrazine groups is 1. The van der Waals surface area contributed by atoms with E-state index >= 15 is 0 Å². The van der Waals surface area contributed by atoms with Gasteiger partial charge in [-0.05, 0) is 49.1 Å². The molecule has 2 unspecified atom stereocenters. The predicted molar refractivity (Wildman–Crippen MR) is 105 cm³/mol. The van der Waals surface area contributed by atoms with E-state index in [2.05, 4.69) is 6.92 Å². The standard InChI is InChI=1S/C20H33N3O4/c1-2-3-4-5-12-23(22)13-18(21)15-6-8-16(9-7-15)26-20-19(25)11-10-17(14-24)27-20/h6-9,13,17,19-20,24-25H,2-5,10-12,14,21-22H2,1H3/b18-13-/t17?,19?,20-/m0/s1. The molecule has 6 N–H and O–H groups in total. The van der Waals surface area contributed by atoms with Crippen molar-refractivity contribution < 1.29 is 19.7 Å². The molecule has 0 aromatic heterocycles. The van der Waals surface area contributed by atoms with Gasteiger partial charge in [0.25, 0.3) is 0 Å². The van der Waals surface area contributed by atoms with Crippen LogP contribution in [0.1, 0.15) is 51.0 Å². The lowest BCUT2D eigenvalue weighted by atomic mass is 10.1. The number of aliphatic hydroxyl groups excluding tert-OH is 2. The van der Waals surface area contributed by atoms with Gasteiger partial charge in [-0.15, -0.1) is 0 Å². The first-order valence-electron chi connectivity index (χ1n) is 9.73. The molecule has 7 nitrogen and oxygen atoms in total. The summed E-state index contributed by atoms with van der Waals surface area (Å²) in [6, 6.07) is 7.23. The summed E-state index contributed by atoms with van der Waals surface area (Å²) in [6.07, 6.45) is 5.71. The van der Waals surface area contributed by atoms with Crippen molar-refractivity contribution in [3.05, 3.63) is 36.0 Å². The Labute approximate surface area is 161 Å². The van der Waals surface area contributed by atoms with Crippen LogP contribution in [0.25, 0.3) is 5.70 Å². The van der Waals surface area contributed by atoms with Gasteiger partial charge in [-0.3, -0.25) is 0 Å². The summed E-state index contributed by atoms with van der Waals surface area (Å²) in [7, 11) is 0. The molecule has 7 heteroatoms. The molecule has 0 aliphatic carbocycles. The fraction of sp³-hybridized carbons (Fsp3) is 0.600. The average Bonchev–Trinajstić information content (AvgIpc) is 2.67. The Morgan fingerprint density at radius 3 is 2.67 bits per heavy atom. The van der Waals surface area contributed by atoms with Gasteiger partial charge in [0.2, 0.25) is 6.29 Å². The lowest BCUT2D eigenvalue weighted by Gasteiger charge is -2.33. The van der Waals surface area contributed by atoms with Crippen LogP contribution in [0.2, 0.25) is 0 Å². The number of aliphatic hydroxyl groups is 2. The Morgan fingerprint density at radius 2 is 2.00 bits per heavy atom. The third-order valence-electron chi connectivity index (χ3n) is 4.64. The minimum absolute atomic E-state index is 0.0825. The van der Waals surface area contributed by atoms with E-state index in [0.29, 0.717) is 24.3 Å². The summed E-state index contributed by atoms with van der Waals surface area (Å²) >= 11 is 0. The van der Waals surface area contributed by atoms with Crippen molar-refractivity contribution in [2.24, 2.45) is 11.6 Å². The quantitative estimate of drug-likeness (QED) is 0.279. The van der Waals surface area contributed by atoms with Crippen molar-refractivity contribution in [3.63, 3.8) is 0 Å². The number of unbranched alkanes of at least 4 members (excludes halogenated alkanes) is 3. The molecule has 0 saturated carbocycles. The van der Waals surface area contributed by atoms with Crippen LogP contribution in [0.3, 0.4) is 0 Å². The van der Waals surface area contributed by atoms with Gasteiger partial charge in [0, 0.05) is 12.7 Å². The van der Waals surface area contributed by atoms with Crippen molar-refractivity contribution >= 4 is 5.70 Å². The van der Waals surface area contributed by atoms with Crippen LogP contribution >= 0.6 is 0 Å². The Bertz CT molecular complexity index is 579. The zero-order valence-corrected chi connectivity index (χ0v) is 16.1. The second-order valence-electron chi connectivity index (χ2n) is 6.98. The molecule has 0 amide bonds. The van der Waals surface area contributed by atoms with Gasteiger partial charge in [0.05, 0.1) is 18.4 Å². The highest BCUT2D eigenvalue weighted by molar-refractivity contribution is 5.62. The maximum Gasteiger partial charge on any atom is 0.226 e. The summed E-state index contributed by atoms with van der Waals surface area (Å²) in [5.74, 6) is 6.54. The van der Waals surface area contributed by atoms with Crippen molar-refractivity contribution in [2.45, 2.75) is 63.9 Å². The van der Waals surface area contributed by atoms with E-state index in [0.717, 1.165) is 24.9 Å². The minimum atomic E-state index is -0.780. The molecule has 1 fully saturated rings. The van der Waals surface area contributed by atoms with Crippen molar-refractivity contribution in [3.8, 4) is 5.75 Å². The van der Waals surface area contributed by atoms with E-state index < -0.39 is 12.4 Å². The van der Waals surface area contributed by atoms with E-state index in [4.69, 9.17) is 21.1 Å². The van der Waals surface area contributed by atoms with Crippen LogP contribution in [0.4, 0.5) is 0 Å². The smallest absolute Gasteiger partial charge is 0.226 e. The molecule has 1 aromatic rings. The normalized spacial score (nSPS) is 23.3. The van der Waals surface area contributed by atoms with Crippen LogP contribution in [-0.4, -0.2) is 46.9 Å². The van der Waals surface area contributed by atoms with Crippen LogP contribution in [0.5, 0.6) is 5.75 Å². The number of ether oxygens (including phenoxy) is 2. The molecule has 1 aromatic carbocycles. The van der Waals surface area contributed by atoms with Gasteiger partial charge in [0.15, 0.2) is 0 Å². The summed E-state index contributed by atoms with van der Waals surface area (Å²) < 4.78 is 11.3. The Morgan fingerprint density at radius 1 is 1.26 bits per heavy atom. The van der Waals surface area contributed by atoms with Crippen molar-refractivity contribution in [2.75, 3.05) is 13.2 Å². The number of nitrogens with two attached hydrogens (primary N) is 2. The zero-order chi connectivity index (χ0) is 19.6. The van der Waals surface area contributed by atoms with Crippen LogP contribution in [-0.2, 0) is 4.74 Å². The second kappa shape index (κ2) is 11.1. The molecule has 2 rings (SSSR count). The van der Waals surface area contributed by atoms with Crippen LogP contribution < -0.4 is 16.3 Å². The first-order valence-corrected chi connectivity index (χ1v) is 9.73. The fourth-order valence-electron chi connectivity index (χ4n) is 2.98. The molecule has 152 valence electrons. The molecule has 3 atom stereocenters. The summed E-state index contributed by atoms with van der Waals surface area (Å²) in [6.45, 7) is 2.86. The topological polar surface area (TPSA) is 114 Å². The number of hydrogen-bond acceptors (Lipinski definition) is 7. The van der Waals surface area contributed by atoms with E-state index in [1.807, 2.05) is 12.1 Å². The Kier molecular flexibility index (Phi) is 8.87. The fourth-order valence-corrected chi connectivity index (χ4v) is 2.98. The summed E-state index contributed by atoms with van der Waals surface area (Å²) in [5, 5.41) is 20.8. The third kappa shape index (κ3) is 7.03. The minimum Gasteiger partial charge on any atom is -0.462 e. The highest BCUT2D eigenvalue weighted by atomic mass is 16.7. The molecule has 1 aliphatic heterocycles. The molecule has 0 radical (unpaired) electrons. The third-order valence-corrected chi connectivity index (χ3v) is 4.64. The molecule has 0 bridgehead atoms. The second-order valence-corrected chi connectivity index (χ2v) is 6.98. The zero-order valence-electron chi connectivity index (χ0n) is 16.1. The van der Waals surface area contributed by atoms with E-state index in [1.165, 1.54) is 12.8 Å². The lowest BCUT2D eigenvalue weighted by Crippen LogP contribution is -2.43. The largest absolute Gasteiger partial charge is 0.462 e. The Hall–Kier alpha value is -1.80. The first-order chi connectivity index (χ1) is 13.0. The molecule has 1 heterocycles. The first kappa shape index (κ1) is 21.5. The highest BCUT2D eigenvalue weighted by Crippen LogP contribution is 2.24. The van der Waals surface area contributed by atoms with E-state index in [1.54, 1.807) is 23.3 Å². The maximum absolute atomic E-state index is 10.0. The molecular formula is C20H33N3O4. The van der Waals surface area contributed by atoms with E-state index in [-0.39, 0.29) is 12.7 Å². The van der Waals surface area contributed by atoms with Gasteiger partial charge in [0.1, 0.15) is 11.9 Å².